The Balaban J connectivity index is 1.58. The molecule has 1 aliphatic heterocycles. The van der Waals surface area contributed by atoms with Crippen LogP contribution in [0.4, 0.5) is 11.4 Å². The Labute approximate surface area is 161 Å². The second-order valence-corrected chi connectivity index (χ2v) is 6.90. The molecule has 1 saturated heterocycles. The van der Waals surface area contributed by atoms with E-state index < -0.39 is 11.8 Å². The molecule has 1 aliphatic rings. The molecule has 3 amide bonds. The summed E-state index contributed by atoms with van der Waals surface area (Å²) < 4.78 is 5.48. The molecule has 0 spiro atoms. The van der Waals surface area contributed by atoms with Crippen LogP contribution >= 0.6 is 0 Å². The minimum atomic E-state index is -0.768. The molecular formula is C21H19N3O4. The van der Waals surface area contributed by atoms with E-state index in [-0.39, 0.29) is 36.2 Å². The Hall–Kier alpha value is -3.61. The van der Waals surface area contributed by atoms with Crippen LogP contribution in [0.5, 0.6) is 0 Å². The van der Waals surface area contributed by atoms with E-state index in [4.69, 9.17) is 10.2 Å². The van der Waals surface area contributed by atoms with Gasteiger partial charge >= 0.3 is 0 Å². The highest BCUT2D eigenvalue weighted by Crippen LogP contribution is 2.32. The number of para-hydroxylation sites is 1. The smallest absolute Gasteiger partial charge is 0.286 e. The van der Waals surface area contributed by atoms with Crippen LogP contribution in [0.2, 0.25) is 0 Å². The Morgan fingerprint density at radius 2 is 1.96 bits per heavy atom. The number of hydrogen-bond acceptors (Lipinski definition) is 4. The van der Waals surface area contributed by atoms with Crippen molar-refractivity contribution >= 4 is 40.1 Å². The maximum absolute atomic E-state index is 12.8. The molecule has 1 aromatic heterocycles. The zero-order chi connectivity index (χ0) is 19.8. The number of nitrogens with one attached hydrogen (secondary N) is 1. The minimum absolute atomic E-state index is 0.0987. The number of anilines is 2. The van der Waals surface area contributed by atoms with Gasteiger partial charge in [-0.1, -0.05) is 24.3 Å². The summed E-state index contributed by atoms with van der Waals surface area (Å²) in [5, 5.41) is 3.34. The molecule has 2 aromatic carbocycles. The second kappa shape index (κ2) is 6.84. The third-order valence-electron chi connectivity index (χ3n) is 4.88. The SMILES string of the molecule is Cc1cccc(N2CC(C(=O)Nc3c(C(N)=O)oc4ccccc34)CC2=O)c1. The van der Waals surface area contributed by atoms with Gasteiger partial charge in [0.15, 0.2) is 0 Å². The first-order chi connectivity index (χ1) is 13.4. The third kappa shape index (κ3) is 3.11. The van der Waals surface area contributed by atoms with E-state index in [9.17, 15) is 14.4 Å². The number of hydrogen-bond donors (Lipinski definition) is 2. The standard InChI is InChI=1S/C21H19N3O4/c1-12-5-4-6-14(9-12)24-11-13(10-17(24)25)21(27)23-18-15-7-2-3-8-16(15)28-19(18)20(22)26/h2-9,13H,10-11H2,1H3,(H2,22,26)(H,23,27). The summed E-state index contributed by atoms with van der Waals surface area (Å²) in [5.41, 5.74) is 7.90. The number of nitrogens with zero attached hydrogens (tertiary/aromatic N) is 1. The molecule has 7 nitrogen and oxygen atoms in total. The first-order valence-corrected chi connectivity index (χ1v) is 8.93. The van der Waals surface area contributed by atoms with E-state index in [0.29, 0.717) is 11.0 Å². The molecule has 3 aromatic rings. The molecule has 1 unspecified atom stereocenters. The van der Waals surface area contributed by atoms with Gasteiger partial charge in [-0.15, -0.1) is 0 Å². The van der Waals surface area contributed by atoms with E-state index in [2.05, 4.69) is 5.32 Å². The van der Waals surface area contributed by atoms with Crippen molar-refractivity contribution in [3.05, 3.63) is 59.9 Å². The van der Waals surface area contributed by atoms with Crippen molar-refractivity contribution in [3.8, 4) is 0 Å². The molecule has 4 rings (SSSR count). The van der Waals surface area contributed by atoms with Crippen molar-refractivity contribution in [2.24, 2.45) is 11.7 Å². The van der Waals surface area contributed by atoms with Gasteiger partial charge in [0.1, 0.15) is 11.3 Å². The summed E-state index contributed by atoms with van der Waals surface area (Å²) in [7, 11) is 0. The number of aryl methyl sites for hydroxylation is 1. The zero-order valence-corrected chi connectivity index (χ0v) is 15.3. The largest absolute Gasteiger partial charge is 0.449 e. The topological polar surface area (TPSA) is 106 Å². The lowest BCUT2D eigenvalue weighted by molar-refractivity contribution is -0.122. The van der Waals surface area contributed by atoms with Crippen LogP contribution in [0.25, 0.3) is 11.0 Å². The number of nitrogens with two attached hydrogens (primary N) is 1. The maximum atomic E-state index is 12.8. The van der Waals surface area contributed by atoms with Crippen LogP contribution in [-0.4, -0.2) is 24.3 Å². The Morgan fingerprint density at radius 3 is 2.71 bits per heavy atom. The van der Waals surface area contributed by atoms with Gasteiger partial charge in [-0.05, 0) is 36.8 Å². The van der Waals surface area contributed by atoms with Gasteiger partial charge in [0.25, 0.3) is 5.91 Å². The molecule has 0 aliphatic carbocycles. The number of benzene rings is 2. The summed E-state index contributed by atoms with van der Waals surface area (Å²) in [5.74, 6) is -1.87. The van der Waals surface area contributed by atoms with E-state index in [1.54, 1.807) is 29.2 Å². The van der Waals surface area contributed by atoms with Crippen LogP contribution in [0, 0.1) is 12.8 Å². The lowest BCUT2D eigenvalue weighted by Gasteiger charge is -2.17. The monoisotopic (exact) mass is 377 g/mol. The molecule has 0 saturated carbocycles. The number of carbonyl (C=O) groups excluding carboxylic acids is 3. The molecule has 3 N–H and O–H groups in total. The summed E-state index contributed by atoms with van der Waals surface area (Å²) >= 11 is 0. The number of fused-ring (bicyclic) bond motifs is 1. The van der Waals surface area contributed by atoms with E-state index in [1.807, 2.05) is 31.2 Å². The maximum Gasteiger partial charge on any atom is 0.286 e. The summed E-state index contributed by atoms with van der Waals surface area (Å²) in [4.78, 5) is 38.6. The van der Waals surface area contributed by atoms with Gasteiger partial charge in [0.2, 0.25) is 17.6 Å². The molecular weight excluding hydrogens is 358 g/mol. The van der Waals surface area contributed by atoms with Gasteiger partial charge in [0.05, 0.1) is 5.92 Å². The molecule has 142 valence electrons. The predicted octanol–water partition coefficient (Wildman–Crippen LogP) is 2.83. The Kier molecular flexibility index (Phi) is 4.35. The fraction of sp³-hybridized carbons (Fsp3) is 0.190. The lowest BCUT2D eigenvalue weighted by atomic mass is 10.1. The fourth-order valence-electron chi connectivity index (χ4n) is 3.50. The van der Waals surface area contributed by atoms with Crippen molar-refractivity contribution in [1.82, 2.24) is 0 Å². The van der Waals surface area contributed by atoms with Crippen molar-refractivity contribution < 1.29 is 18.8 Å². The van der Waals surface area contributed by atoms with Crippen molar-refractivity contribution in [2.75, 3.05) is 16.8 Å². The predicted molar refractivity (Wildman–Crippen MR) is 105 cm³/mol. The van der Waals surface area contributed by atoms with Gasteiger partial charge < -0.3 is 20.4 Å². The van der Waals surface area contributed by atoms with Crippen LogP contribution in [0.3, 0.4) is 0 Å². The number of primary amides is 1. The van der Waals surface area contributed by atoms with Gasteiger partial charge in [-0.3, -0.25) is 14.4 Å². The van der Waals surface area contributed by atoms with Gasteiger partial charge in [0, 0.05) is 24.0 Å². The number of rotatable bonds is 4. The lowest BCUT2D eigenvalue weighted by Crippen LogP contribution is -2.28. The molecule has 7 heteroatoms. The van der Waals surface area contributed by atoms with Gasteiger partial charge in [-0.25, -0.2) is 0 Å². The normalized spacial score (nSPS) is 16.5. The van der Waals surface area contributed by atoms with Crippen molar-refractivity contribution in [3.63, 3.8) is 0 Å². The molecule has 28 heavy (non-hydrogen) atoms. The summed E-state index contributed by atoms with van der Waals surface area (Å²) in [6, 6.07) is 14.5. The first-order valence-electron chi connectivity index (χ1n) is 8.93. The van der Waals surface area contributed by atoms with E-state index in [0.717, 1.165) is 11.3 Å². The highest BCUT2D eigenvalue weighted by molar-refractivity contribution is 6.12. The molecule has 1 fully saturated rings. The second-order valence-electron chi connectivity index (χ2n) is 6.90. The van der Waals surface area contributed by atoms with Gasteiger partial charge in [-0.2, -0.15) is 0 Å². The van der Waals surface area contributed by atoms with Crippen molar-refractivity contribution in [1.29, 1.82) is 0 Å². The molecule has 0 bridgehead atoms. The van der Waals surface area contributed by atoms with E-state index in [1.165, 1.54) is 0 Å². The van der Waals surface area contributed by atoms with Crippen LogP contribution in [-0.2, 0) is 9.59 Å². The molecule has 1 atom stereocenters. The Morgan fingerprint density at radius 1 is 1.18 bits per heavy atom. The fourth-order valence-corrected chi connectivity index (χ4v) is 3.50. The summed E-state index contributed by atoms with van der Waals surface area (Å²) in [6.45, 7) is 2.22. The highest BCUT2D eigenvalue weighted by atomic mass is 16.3. The van der Waals surface area contributed by atoms with Crippen LogP contribution in [0.1, 0.15) is 22.5 Å². The quantitative estimate of drug-likeness (QED) is 0.729. The van der Waals surface area contributed by atoms with Crippen molar-refractivity contribution in [2.45, 2.75) is 13.3 Å². The zero-order valence-electron chi connectivity index (χ0n) is 15.3. The first kappa shape index (κ1) is 17.8. The summed E-state index contributed by atoms with van der Waals surface area (Å²) in [6.07, 6.45) is 0.0987. The number of furan rings is 1. The van der Waals surface area contributed by atoms with Crippen LogP contribution in [0.15, 0.2) is 52.9 Å². The average Bonchev–Trinajstić information content (AvgIpc) is 3.23. The molecule has 2 heterocycles. The highest BCUT2D eigenvalue weighted by Gasteiger charge is 2.36. The van der Waals surface area contributed by atoms with E-state index >= 15 is 0 Å². The minimum Gasteiger partial charge on any atom is -0.449 e. The average molecular weight is 377 g/mol. The third-order valence-corrected chi connectivity index (χ3v) is 4.88. The van der Waals surface area contributed by atoms with Crippen LogP contribution < -0.4 is 16.0 Å². The number of carbonyl (C=O) groups is 3. The Bertz CT molecular complexity index is 1100. The number of amides is 3. The molecule has 0 radical (unpaired) electrons.